The standard InChI is InChI=1S/C13H18/c1-10(2)13(12-8-9-12)11-6-4-3-5-7-11/h3-7,10,12-13H,8-9H2,1-2H3. The molecule has 1 atom stereocenters. The van der Waals surface area contributed by atoms with Gasteiger partial charge in [-0.25, -0.2) is 0 Å². The molecule has 0 bridgehead atoms. The summed E-state index contributed by atoms with van der Waals surface area (Å²) >= 11 is 0. The Bertz CT molecular complexity index is 255. The summed E-state index contributed by atoms with van der Waals surface area (Å²) in [4.78, 5) is 0. The molecule has 1 aromatic rings. The minimum Gasteiger partial charge on any atom is -0.0622 e. The van der Waals surface area contributed by atoms with Gasteiger partial charge >= 0.3 is 0 Å². The predicted molar refractivity (Wildman–Crippen MR) is 56.7 cm³/mol. The fraction of sp³-hybridized carbons (Fsp3) is 0.538. The van der Waals surface area contributed by atoms with Crippen LogP contribution in [-0.2, 0) is 0 Å². The Labute approximate surface area is 81.0 Å². The van der Waals surface area contributed by atoms with Crippen molar-refractivity contribution < 1.29 is 0 Å². The van der Waals surface area contributed by atoms with E-state index in [-0.39, 0.29) is 0 Å². The molecule has 0 aromatic heterocycles. The third kappa shape index (κ3) is 1.93. The molecule has 70 valence electrons. The van der Waals surface area contributed by atoms with Crippen LogP contribution in [0.25, 0.3) is 0 Å². The number of hydrogen-bond acceptors (Lipinski definition) is 0. The van der Waals surface area contributed by atoms with Crippen molar-refractivity contribution in [2.75, 3.05) is 0 Å². The highest BCUT2D eigenvalue weighted by molar-refractivity contribution is 5.22. The van der Waals surface area contributed by atoms with Crippen molar-refractivity contribution in [1.82, 2.24) is 0 Å². The quantitative estimate of drug-likeness (QED) is 0.653. The summed E-state index contributed by atoms with van der Waals surface area (Å²) in [7, 11) is 0. The summed E-state index contributed by atoms with van der Waals surface area (Å²) in [5, 5.41) is 0. The minimum atomic E-state index is 0.787. The van der Waals surface area contributed by atoms with Crippen molar-refractivity contribution in [1.29, 1.82) is 0 Å². The summed E-state index contributed by atoms with van der Waals surface area (Å²) in [6, 6.07) is 11.0. The lowest BCUT2D eigenvalue weighted by molar-refractivity contribution is 0.450. The zero-order valence-electron chi connectivity index (χ0n) is 8.53. The first-order valence-electron chi connectivity index (χ1n) is 5.34. The van der Waals surface area contributed by atoms with Crippen molar-refractivity contribution in [3.63, 3.8) is 0 Å². The molecule has 0 heterocycles. The topological polar surface area (TPSA) is 0 Å². The molecule has 1 aliphatic carbocycles. The number of rotatable bonds is 3. The van der Waals surface area contributed by atoms with Gasteiger partial charge in [-0.05, 0) is 36.2 Å². The van der Waals surface area contributed by atoms with Gasteiger partial charge in [0.1, 0.15) is 0 Å². The van der Waals surface area contributed by atoms with Gasteiger partial charge in [0.2, 0.25) is 0 Å². The molecular weight excluding hydrogens is 156 g/mol. The smallest absolute Gasteiger partial charge is 0.0111 e. The largest absolute Gasteiger partial charge is 0.0622 e. The van der Waals surface area contributed by atoms with Gasteiger partial charge < -0.3 is 0 Å². The number of hydrogen-bond donors (Lipinski definition) is 0. The molecule has 0 nitrogen and oxygen atoms in total. The van der Waals surface area contributed by atoms with E-state index in [1.54, 1.807) is 5.56 Å². The molecule has 0 amide bonds. The summed E-state index contributed by atoms with van der Waals surface area (Å²) in [6.07, 6.45) is 2.88. The zero-order chi connectivity index (χ0) is 9.26. The van der Waals surface area contributed by atoms with Crippen LogP contribution in [0.4, 0.5) is 0 Å². The number of benzene rings is 1. The molecule has 0 spiro atoms. The van der Waals surface area contributed by atoms with Crippen LogP contribution in [0.2, 0.25) is 0 Å². The van der Waals surface area contributed by atoms with Crippen molar-refractivity contribution in [3.05, 3.63) is 35.9 Å². The summed E-state index contributed by atoms with van der Waals surface area (Å²) in [5.41, 5.74) is 1.54. The van der Waals surface area contributed by atoms with E-state index in [2.05, 4.69) is 44.2 Å². The van der Waals surface area contributed by atoms with Crippen LogP contribution in [0.1, 0.15) is 38.2 Å². The fourth-order valence-corrected chi connectivity index (χ4v) is 2.33. The van der Waals surface area contributed by atoms with Crippen LogP contribution in [0.15, 0.2) is 30.3 Å². The minimum absolute atomic E-state index is 0.787. The normalized spacial score (nSPS) is 19.0. The summed E-state index contributed by atoms with van der Waals surface area (Å²) in [6.45, 7) is 4.69. The Kier molecular flexibility index (Phi) is 2.39. The fourth-order valence-electron chi connectivity index (χ4n) is 2.33. The molecular formula is C13H18. The van der Waals surface area contributed by atoms with Gasteiger partial charge in [0, 0.05) is 0 Å². The zero-order valence-corrected chi connectivity index (χ0v) is 8.53. The van der Waals surface area contributed by atoms with Crippen LogP contribution >= 0.6 is 0 Å². The predicted octanol–water partition coefficient (Wildman–Crippen LogP) is 3.84. The second-order valence-electron chi connectivity index (χ2n) is 4.52. The molecule has 2 rings (SSSR count). The van der Waals surface area contributed by atoms with Crippen molar-refractivity contribution in [2.45, 2.75) is 32.6 Å². The van der Waals surface area contributed by atoms with Gasteiger partial charge in [-0.3, -0.25) is 0 Å². The average molecular weight is 174 g/mol. The lowest BCUT2D eigenvalue weighted by Gasteiger charge is -2.20. The highest BCUT2D eigenvalue weighted by atomic mass is 14.4. The first-order chi connectivity index (χ1) is 6.29. The first-order valence-corrected chi connectivity index (χ1v) is 5.34. The third-order valence-electron chi connectivity index (χ3n) is 3.03. The third-order valence-corrected chi connectivity index (χ3v) is 3.03. The molecule has 1 unspecified atom stereocenters. The molecule has 1 aliphatic rings. The maximum absolute atomic E-state index is 2.34. The Hall–Kier alpha value is -0.780. The van der Waals surface area contributed by atoms with Crippen LogP contribution in [0, 0.1) is 11.8 Å². The molecule has 0 saturated heterocycles. The van der Waals surface area contributed by atoms with E-state index in [0.29, 0.717) is 0 Å². The molecule has 0 aliphatic heterocycles. The lowest BCUT2D eigenvalue weighted by Crippen LogP contribution is -2.08. The second kappa shape index (κ2) is 3.53. The SMILES string of the molecule is CC(C)C(c1ccccc1)C1CC1. The Morgan fingerprint density at radius 2 is 1.69 bits per heavy atom. The van der Waals surface area contributed by atoms with Gasteiger partial charge in [-0.1, -0.05) is 44.2 Å². The van der Waals surface area contributed by atoms with E-state index in [4.69, 9.17) is 0 Å². The van der Waals surface area contributed by atoms with Gasteiger partial charge in [0.15, 0.2) is 0 Å². The molecule has 0 N–H and O–H groups in total. The van der Waals surface area contributed by atoms with Crippen LogP contribution < -0.4 is 0 Å². The highest BCUT2D eigenvalue weighted by Crippen LogP contribution is 2.46. The van der Waals surface area contributed by atoms with Crippen molar-refractivity contribution >= 4 is 0 Å². The van der Waals surface area contributed by atoms with Gasteiger partial charge in [-0.2, -0.15) is 0 Å². The summed E-state index contributed by atoms with van der Waals surface area (Å²) in [5.74, 6) is 2.57. The van der Waals surface area contributed by atoms with Crippen molar-refractivity contribution in [2.24, 2.45) is 11.8 Å². The lowest BCUT2D eigenvalue weighted by atomic mass is 9.84. The van der Waals surface area contributed by atoms with Crippen LogP contribution in [-0.4, -0.2) is 0 Å². The van der Waals surface area contributed by atoms with Gasteiger partial charge in [0.25, 0.3) is 0 Å². The molecule has 1 aromatic carbocycles. The Balaban J connectivity index is 2.20. The average Bonchev–Trinajstić information content (AvgIpc) is 2.90. The van der Waals surface area contributed by atoms with Crippen LogP contribution in [0.3, 0.4) is 0 Å². The van der Waals surface area contributed by atoms with E-state index in [0.717, 1.165) is 17.8 Å². The molecule has 0 radical (unpaired) electrons. The van der Waals surface area contributed by atoms with Crippen LogP contribution in [0.5, 0.6) is 0 Å². The second-order valence-corrected chi connectivity index (χ2v) is 4.52. The molecule has 1 saturated carbocycles. The first kappa shape index (κ1) is 8.80. The van der Waals surface area contributed by atoms with E-state index in [1.165, 1.54) is 12.8 Å². The van der Waals surface area contributed by atoms with E-state index >= 15 is 0 Å². The van der Waals surface area contributed by atoms with Crippen molar-refractivity contribution in [3.8, 4) is 0 Å². The summed E-state index contributed by atoms with van der Waals surface area (Å²) < 4.78 is 0. The monoisotopic (exact) mass is 174 g/mol. The van der Waals surface area contributed by atoms with Gasteiger partial charge in [0.05, 0.1) is 0 Å². The van der Waals surface area contributed by atoms with E-state index < -0.39 is 0 Å². The Morgan fingerprint density at radius 3 is 2.15 bits per heavy atom. The maximum atomic E-state index is 2.34. The van der Waals surface area contributed by atoms with E-state index in [1.807, 2.05) is 0 Å². The Morgan fingerprint density at radius 1 is 1.08 bits per heavy atom. The van der Waals surface area contributed by atoms with E-state index in [9.17, 15) is 0 Å². The molecule has 0 heteroatoms. The maximum Gasteiger partial charge on any atom is -0.0111 e. The molecule has 1 fully saturated rings. The van der Waals surface area contributed by atoms with Gasteiger partial charge in [-0.15, -0.1) is 0 Å². The highest BCUT2D eigenvalue weighted by Gasteiger charge is 2.33. The molecule has 13 heavy (non-hydrogen) atoms.